The Hall–Kier alpha value is -1.46. The summed E-state index contributed by atoms with van der Waals surface area (Å²) in [5.41, 5.74) is 0.507. The van der Waals surface area contributed by atoms with Gasteiger partial charge in [0.15, 0.2) is 0 Å². The summed E-state index contributed by atoms with van der Waals surface area (Å²) in [5, 5.41) is 21.0. The highest BCUT2D eigenvalue weighted by molar-refractivity contribution is 8.03. The Morgan fingerprint density at radius 2 is 2.20 bits per heavy atom. The van der Waals surface area contributed by atoms with E-state index < -0.39 is 5.92 Å². The quantitative estimate of drug-likeness (QED) is 0.764. The molecule has 0 aromatic heterocycles. The molecule has 0 spiro atoms. The number of thioether (sulfide) groups is 1. The molecule has 5 heteroatoms. The van der Waals surface area contributed by atoms with E-state index in [4.69, 9.17) is 10.5 Å². The minimum absolute atomic E-state index is 0.306. The zero-order valence-electron chi connectivity index (χ0n) is 8.57. The molecule has 0 radical (unpaired) electrons. The van der Waals surface area contributed by atoms with Gasteiger partial charge in [-0.1, -0.05) is 13.8 Å². The molecule has 1 heterocycles. The standard InChI is InChI=1S/C10H11N3OS/c1-3-15-10-8(5-12)6(2)7(4-11)9(14)13-10/h6-7H,3H2,1-2H3,(H,13,14)/t6-,7+/m0/s1. The van der Waals surface area contributed by atoms with Gasteiger partial charge in [0, 0.05) is 5.92 Å². The first kappa shape index (κ1) is 11.6. The van der Waals surface area contributed by atoms with Crippen LogP contribution in [0.15, 0.2) is 10.6 Å². The summed E-state index contributed by atoms with van der Waals surface area (Å²) in [5.74, 6) is -0.589. The van der Waals surface area contributed by atoms with Crippen LogP contribution in [0.1, 0.15) is 13.8 Å². The Bertz CT molecular complexity index is 388. The molecule has 1 rings (SSSR count). The maximum Gasteiger partial charge on any atom is 0.242 e. The van der Waals surface area contributed by atoms with E-state index >= 15 is 0 Å². The third kappa shape index (κ3) is 2.14. The smallest absolute Gasteiger partial charge is 0.242 e. The minimum atomic E-state index is -0.749. The van der Waals surface area contributed by atoms with Crippen LogP contribution >= 0.6 is 11.8 Å². The normalized spacial score (nSPS) is 25.5. The van der Waals surface area contributed by atoms with E-state index in [-0.39, 0.29) is 11.8 Å². The largest absolute Gasteiger partial charge is 0.319 e. The van der Waals surface area contributed by atoms with Crippen LogP contribution < -0.4 is 5.32 Å². The monoisotopic (exact) mass is 221 g/mol. The molecule has 0 aliphatic carbocycles. The number of nitrogens with one attached hydrogen (secondary N) is 1. The number of hydrogen-bond acceptors (Lipinski definition) is 4. The van der Waals surface area contributed by atoms with Crippen LogP contribution in [0.5, 0.6) is 0 Å². The van der Waals surface area contributed by atoms with Gasteiger partial charge in [-0.15, -0.1) is 11.8 Å². The van der Waals surface area contributed by atoms with Gasteiger partial charge in [-0.3, -0.25) is 4.79 Å². The number of nitriles is 2. The van der Waals surface area contributed by atoms with Crippen molar-refractivity contribution in [3.63, 3.8) is 0 Å². The van der Waals surface area contributed by atoms with E-state index in [2.05, 4.69) is 11.4 Å². The fourth-order valence-corrected chi connectivity index (χ4v) is 2.29. The molecule has 4 nitrogen and oxygen atoms in total. The third-order valence-electron chi connectivity index (χ3n) is 2.27. The van der Waals surface area contributed by atoms with Crippen molar-refractivity contribution in [3.05, 3.63) is 10.6 Å². The number of hydrogen-bond donors (Lipinski definition) is 1. The fraction of sp³-hybridized carbons (Fsp3) is 0.500. The molecule has 0 aromatic rings. The minimum Gasteiger partial charge on any atom is -0.319 e. The van der Waals surface area contributed by atoms with Gasteiger partial charge < -0.3 is 5.32 Å². The first-order valence-corrected chi connectivity index (χ1v) is 5.61. The van der Waals surface area contributed by atoms with Gasteiger partial charge in [-0.05, 0) is 5.75 Å². The Morgan fingerprint density at radius 1 is 1.53 bits per heavy atom. The highest BCUT2D eigenvalue weighted by Gasteiger charge is 2.34. The lowest BCUT2D eigenvalue weighted by molar-refractivity contribution is -0.123. The van der Waals surface area contributed by atoms with Crippen molar-refractivity contribution in [1.29, 1.82) is 10.5 Å². The average molecular weight is 221 g/mol. The van der Waals surface area contributed by atoms with Crippen LogP contribution in [0.25, 0.3) is 0 Å². The topological polar surface area (TPSA) is 76.7 Å². The van der Waals surface area contributed by atoms with E-state index in [1.54, 1.807) is 6.92 Å². The summed E-state index contributed by atoms with van der Waals surface area (Å²) in [6.07, 6.45) is 0. The SMILES string of the molecule is CCSC1=C(C#N)[C@@H](C)[C@@H](C#N)C(=O)N1. The summed E-state index contributed by atoms with van der Waals surface area (Å²) < 4.78 is 0. The van der Waals surface area contributed by atoms with Gasteiger partial charge in [0.05, 0.1) is 22.7 Å². The van der Waals surface area contributed by atoms with Crippen molar-refractivity contribution in [2.75, 3.05) is 5.75 Å². The second kappa shape index (κ2) is 4.86. The first-order valence-electron chi connectivity index (χ1n) is 4.63. The molecule has 1 aliphatic rings. The van der Waals surface area contributed by atoms with E-state index in [1.807, 2.05) is 13.0 Å². The lowest BCUT2D eigenvalue weighted by Crippen LogP contribution is -2.38. The van der Waals surface area contributed by atoms with Crippen molar-refractivity contribution in [2.24, 2.45) is 11.8 Å². The number of nitrogens with zero attached hydrogens (tertiary/aromatic N) is 2. The van der Waals surface area contributed by atoms with Crippen molar-refractivity contribution in [1.82, 2.24) is 5.32 Å². The van der Waals surface area contributed by atoms with Crippen molar-refractivity contribution >= 4 is 17.7 Å². The van der Waals surface area contributed by atoms with Gasteiger partial charge in [0.2, 0.25) is 5.91 Å². The van der Waals surface area contributed by atoms with E-state index in [0.29, 0.717) is 10.6 Å². The Balaban J connectivity index is 3.10. The van der Waals surface area contributed by atoms with Crippen LogP contribution in [0, 0.1) is 34.5 Å². The van der Waals surface area contributed by atoms with Crippen LogP contribution in [-0.4, -0.2) is 11.7 Å². The molecule has 0 aromatic carbocycles. The number of carbonyl (C=O) groups excluding carboxylic acids is 1. The summed E-state index contributed by atoms with van der Waals surface area (Å²) in [7, 11) is 0. The molecule has 0 bridgehead atoms. The van der Waals surface area contributed by atoms with Gasteiger partial charge in [-0.2, -0.15) is 10.5 Å². The van der Waals surface area contributed by atoms with Crippen LogP contribution in [0.2, 0.25) is 0 Å². The molecular formula is C10H11N3OS. The molecule has 1 N–H and O–H groups in total. The summed E-state index contributed by atoms with van der Waals surface area (Å²) in [6, 6.07) is 3.99. The summed E-state index contributed by atoms with van der Waals surface area (Å²) >= 11 is 1.42. The Kier molecular flexibility index (Phi) is 3.76. The third-order valence-corrected chi connectivity index (χ3v) is 3.17. The van der Waals surface area contributed by atoms with Crippen molar-refractivity contribution in [3.8, 4) is 12.1 Å². The molecule has 15 heavy (non-hydrogen) atoms. The molecule has 1 aliphatic heterocycles. The van der Waals surface area contributed by atoms with E-state index in [0.717, 1.165) is 5.75 Å². The second-order valence-electron chi connectivity index (χ2n) is 3.17. The van der Waals surface area contributed by atoms with Crippen molar-refractivity contribution in [2.45, 2.75) is 13.8 Å². The van der Waals surface area contributed by atoms with E-state index in [1.165, 1.54) is 11.8 Å². The second-order valence-corrected chi connectivity index (χ2v) is 4.45. The van der Waals surface area contributed by atoms with E-state index in [9.17, 15) is 4.79 Å². The Labute approximate surface area is 92.9 Å². The zero-order chi connectivity index (χ0) is 11.4. The fourth-order valence-electron chi connectivity index (χ4n) is 1.44. The van der Waals surface area contributed by atoms with Crippen LogP contribution in [-0.2, 0) is 4.79 Å². The molecule has 0 fully saturated rings. The van der Waals surface area contributed by atoms with Gasteiger partial charge in [-0.25, -0.2) is 0 Å². The number of amides is 1. The molecule has 2 atom stereocenters. The van der Waals surface area contributed by atoms with Gasteiger partial charge in [0.1, 0.15) is 5.92 Å². The molecule has 1 amide bonds. The molecule has 78 valence electrons. The number of allylic oxidation sites excluding steroid dienone is 1. The van der Waals surface area contributed by atoms with Crippen LogP contribution in [0.4, 0.5) is 0 Å². The van der Waals surface area contributed by atoms with Crippen molar-refractivity contribution < 1.29 is 4.79 Å². The number of carbonyl (C=O) groups is 1. The zero-order valence-corrected chi connectivity index (χ0v) is 9.39. The highest BCUT2D eigenvalue weighted by atomic mass is 32.2. The molecule has 0 saturated carbocycles. The molecular weight excluding hydrogens is 210 g/mol. The predicted molar refractivity (Wildman–Crippen MR) is 57.2 cm³/mol. The average Bonchev–Trinajstić information content (AvgIpc) is 2.19. The Morgan fingerprint density at radius 3 is 2.67 bits per heavy atom. The van der Waals surface area contributed by atoms with Gasteiger partial charge >= 0.3 is 0 Å². The molecule has 0 saturated heterocycles. The van der Waals surface area contributed by atoms with Gasteiger partial charge in [0.25, 0.3) is 0 Å². The number of rotatable bonds is 2. The lowest BCUT2D eigenvalue weighted by Gasteiger charge is -2.25. The highest BCUT2D eigenvalue weighted by Crippen LogP contribution is 2.31. The van der Waals surface area contributed by atoms with Crippen LogP contribution in [0.3, 0.4) is 0 Å². The maximum absolute atomic E-state index is 11.5. The maximum atomic E-state index is 11.5. The summed E-state index contributed by atoms with van der Waals surface area (Å²) in [4.78, 5) is 11.5. The predicted octanol–water partition coefficient (Wildman–Crippen LogP) is 1.38. The molecule has 0 unspecified atom stereocenters. The lowest BCUT2D eigenvalue weighted by atomic mass is 9.86. The first-order chi connectivity index (χ1) is 7.15. The summed E-state index contributed by atoms with van der Waals surface area (Å²) in [6.45, 7) is 3.68.